The maximum atomic E-state index is 11.8. The van der Waals surface area contributed by atoms with Gasteiger partial charge in [-0.2, -0.15) is 11.8 Å². The maximum absolute atomic E-state index is 11.8. The molecular formula is C11H21NO2S. The quantitative estimate of drug-likeness (QED) is 0.729. The van der Waals surface area contributed by atoms with E-state index in [0.717, 1.165) is 38.1 Å². The van der Waals surface area contributed by atoms with Gasteiger partial charge < -0.3 is 10.0 Å². The molecule has 0 aliphatic carbocycles. The number of hydrogen-bond acceptors (Lipinski definition) is 3. The number of carbonyl (C=O) groups is 1. The largest absolute Gasteiger partial charge is 0.396 e. The van der Waals surface area contributed by atoms with Crippen molar-refractivity contribution in [3.8, 4) is 0 Å². The number of aliphatic hydroxyl groups is 1. The summed E-state index contributed by atoms with van der Waals surface area (Å²) in [6.45, 7) is 4.19. The lowest BCUT2D eigenvalue weighted by molar-refractivity contribution is -0.131. The van der Waals surface area contributed by atoms with Crippen molar-refractivity contribution in [1.29, 1.82) is 0 Å². The number of aliphatic hydroxyl groups excluding tert-OH is 1. The molecule has 0 saturated carbocycles. The Morgan fingerprint density at radius 1 is 1.53 bits per heavy atom. The Hall–Kier alpha value is -0.220. The monoisotopic (exact) mass is 231 g/mol. The van der Waals surface area contributed by atoms with E-state index in [1.807, 2.05) is 16.7 Å². The summed E-state index contributed by atoms with van der Waals surface area (Å²) in [4.78, 5) is 13.8. The van der Waals surface area contributed by atoms with Gasteiger partial charge in [-0.1, -0.05) is 6.92 Å². The van der Waals surface area contributed by atoms with Crippen molar-refractivity contribution in [2.75, 3.05) is 25.4 Å². The van der Waals surface area contributed by atoms with Crippen LogP contribution in [0.3, 0.4) is 0 Å². The lowest BCUT2D eigenvalue weighted by Crippen LogP contribution is -2.41. The van der Waals surface area contributed by atoms with E-state index >= 15 is 0 Å². The van der Waals surface area contributed by atoms with Crippen molar-refractivity contribution in [2.45, 2.75) is 37.9 Å². The van der Waals surface area contributed by atoms with E-state index in [2.05, 4.69) is 6.92 Å². The SMILES string of the molecule is CCC1CN(C(=O)CCCCO)CCS1. The van der Waals surface area contributed by atoms with Crippen LogP contribution < -0.4 is 0 Å². The molecule has 1 amide bonds. The molecule has 1 aliphatic rings. The zero-order valence-corrected chi connectivity index (χ0v) is 10.3. The fraction of sp³-hybridized carbons (Fsp3) is 0.909. The highest BCUT2D eigenvalue weighted by Crippen LogP contribution is 2.21. The van der Waals surface area contributed by atoms with Gasteiger partial charge in [0, 0.05) is 37.1 Å². The minimum absolute atomic E-state index is 0.195. The normalized spacial score (nSPS) is 21.7. The van der Waals surface area contributed by atoms with E-state index in [1.54, 1.807) is 0 Å². The van der Waals surface area contributed by atoms with Gasteiger partial charge in [0.2, 0.25) is 5.91 Å². The van der Waals surface area contributed by atoms with E-state index < -0.39 is 0 Å². The van der Waals surface area contributed by atoms with Crippen LogP contribution in [0, 0.1) is 0 Å². The summed E-state index contributed by atoms with van der Waals surface area (Å²) in [5.41, 5.74) is 0. The van der Waals surface area contributed by atoms with Crippen LogP contribution in [0.4, 0.5) is 0 Å². The topological polar surface area (TPSA) is 40.5 Å². The lowest BCUT2D eigenvalue weighted by atomic mass is 10.2. The molecule has 1 rings (SSSR count). The zero-order valence-electron chi connectivity index (χ0n) is 9.45. The predicted molar refractivity (Wildman–Crippen MR) is 64.1 cm³/mol. The number of amides is 1. The molecule has 0 aromatic carbocycles. The first-order valence-electron chi connectivity index (χ1n) is 5.78. The fourth-order valence-electron chi connectivity index (χ4n) is 1.74. The Kier molecular flexibility index (Phi) is 6.10. The van der Waals surface area contributed by atoms with Crippen molar-refractivity contribution in [1.82, 2.24) is 4.90 Å². The lowest BCUT2D eigenvalue weighted by Gasteiger charge is -2.32. The van der Waals surface area contributed by atoms with Crippen molar-refractivity contribution in [2.24, 2.45) is 0 Å². The highest BCUT2D eigenvalue weighted by atomic mass is 32.2. The summed E-state index contributed by atoms with van der Waals surface area (Å²) in [5.74, 6) is 1.34. The van der Waals surface area contributed by atoms with Crippen LogP contribution in [0.15, 0.2) is 0 Å². The molecule has 0 radical (unpaired) electrons. The van der Waals surface area contributed by atoms with Crippen molar-refractivity contribution < 1.29 is 9.90 Å². The van der Waals surface area contributed by atoms with E-state index in [4.69, 9.17) is 5.11 Å². The molecule has 15 heavy (non-hydrogen) atoms. The van der Waals surface area contributed by atoms with Crippen LogP contribution in [0.2, 0.25) is 0 Å². The van der Waals surface area contributed by atoms with E-state index in [-0.39, 0.29) is 12.5 Å². The highest BCUT2D eigenvalue weighted by Gasteiger charge is 2.22. The predicted octanol–water partition coefficient (Wildman–Crippen LogP) is 1.50. The molecule has 0 bridgehead atoms. The zero-order chi connectivity index (χ0) is 11.1. The highest BCUT2D eigenvalue weighted by molar-refractivity contribution is 8.00. The molecule has 4 heteroatoms. The van der Waals surface area contributed by atoms with Crippen LogP contribution in [0.5, 0.6) is 0 Å². The van der Waals surface area contributed by atoms with E-state index in [1.165, 1.54) is 0 Å². The number of unbranched alkanes of at least 4 members (excludes halogenated alkanes) is 1. The number of carbonyl (C=O) groups excluding carboxylic acids is 1. The van der Waals surface area contributed by atoms with Gasteiger partial charge in [0.15, 0.2) is 0 Å². The van der Waals surface area contributed by atoms with Gasteiger partial charge in [0.1, 0.15) is 0 Å². The Balaban J connectivity index is 2.25. The number of thioether (sulfide) groups is 1. The Bertz CT molecular complexity index is 199. The molecule has 88 valence electrons. The van der Waals surface area contributed by atoms with Gasteiger partial charge in [-0.25, -0.2) is 0 Å². The van der Waals surface area contributed by atoms with E-state index in [9.17, 15) is 4.79 Å². The smallest absolute Gasteiger partial charge is 0.222 e. The molecule has 1 fully saturated rings. The summed E-state index contributed by atoms with van der Waals surface area (Å²) >= 11 is 1.98. The molecule has 0 aromatic heterocycles. The van der Waals surface area contributed by atoms with Gasteiger partial charge in [0.05, 0.1) is 0 Å². The molecule has 0 spiro atoms. The second-order valence-electron chi connectivity index (χ2n) is 3.92. The third-order valence-electron chi connectivity index (χ3n) is 2.75. The molecule has 1 atom stereocenters. The van der Waals surface area contributed by atoms with Crippen LogP contribution in [-0.4, -0.2) is 46.6 Å². The third kappa shape index (κ3) is 4.43. The minimum Gasteiger partial charge on any atom is -0.396 e. The molecule has 0 aromatic rings. The molecule has 1 heterocycles. The first kappa shape index (κ1) is 12.8. The number of rotatable bonds is 5. The Labute approximate surface area is 96.2 Å². The standard InChI is InChI=1S/C11H21NO2S/c1-2-10-9-12(6-8-15-10)11(14)5-3-4-7-13/h10,13H,2-9H2,1H3. The summed E-state index contributed by atoms with van der Waals surface area (Å²) in [6.07, 6.45) is 3.30. The van der Waals surface area contributed by atoms with Crippen LogP contribution >= 0.6 is 11.8 Å². The fourth-order valence-corrected chi connectivity index (χ4v) is 2.92. The van der Waals surface area contributed by atoms with Crippen LogP contribution in [-0.2, 0) is 4.79 Å². The number of hydrogen-bond donors (Lipinski definition) is 1. The average molecular weight is 231 g/mol. The summed E-state index contributed by atoms with van der Waals surface area (Å²) in [7, 11) is 0. The van der Waals surface area contributed by atoms with Crippen molar-refractivity contribution >= 4 is 17.7 Å². The van der Waals surface area contributed by atoms with Crippen molar-refractivity contribution in [3.63, 3.8) is 0 Å². The van der Waals surface area contributed by atoms with Gasteiger partial charge in [-0.15, -0.1) is 0 Å². The minimum atomic E-state index is 0.195. The average Bonchev–Trinajstić information content (AvgIpc) is 2.29. The second kappa shape index (κ2) is 7.12. The van der Waals surface area contributed by atoms with Gasteiger partial charge in [0.25, 0.3) is 0 Å². The van der Waals surface area contributed by atoms with Crippen molar-refractivity contribution in [3.05, 3.63) is 0 Å². The van der Waals surface area contributed by atoms with Crippen LogP contribution in [0.25, 0.3) is 0 Å². The van der Waals surface area contributed by atoms with Gasteiger partial charge in [-0.05, 0) is 19.3 Å². The van der Waals surface area contributed by atoms with Gasteiger partial charge in [-0.3, -0.25) is 4.79 Å². The first-order valence-corrected chi connectivity index (χ1v) is 6.83. The Morgan fingerprint density at radius 2 is 2.33 bits per heavy atom. The van der Waals surface area contributed by atoms with E-state index in [0.29, 0.717) is 11.7 Å². The number of nitrogens with zero attached hydrogens (tertiary/aromatic N) is 1. The summed E-state index contributed by atoms with van der Waals surface area (Å²) in [5, 5.41) is 9.27. The molecule has 1 aliphatic heterocycles. The second-order valence-corrected chi connectivity index (χ2v) is 5.33. The van der Waals surface area contributed by atoms with Gasteiger partial charge >= 0.3 is 0 Å². The Morgan fingerprint density at radius 3 is 3.00 bits per heavy atom. The third-order valence-corrected chi connectivity index (χ3v) is 4.12. The molecular weight excluding hydrogens is 210 g/mol. The first-order chi connectivity index (χ1) is 7.27. The molecule has 1 unspecified atom stereocenters. The molecule has 1 saturated heterocycles. The molecule has 3 nitrogen and oxygen atoms in total. The van der Waals surface area contributed by atoms with Crippen LogP contribution in [0.1, 0.15) is 32.6 Å². The summed E-state index contributed by atoms with van der Waals surface area (Å²) < 4.78 is 0. The summed E-state index contributed by atoms with van der Waals surface area (Å²) in [6, 6.07) is 0. The molecule has 1 N–H and O–H groups in total. The maximum Gasteiger partial charge on any atom is 0.222 e.